The molecule has 1 amide bonds. The molecule has 0 aromatic heterocycles. The van der Waals surface area contributed by atoms with Crippen molar-refractivity contribution in [3.05, 3.63) is 58.1 Å². The van der Waals surface area contributed by atoms with Crippen LogP contribution in [0.4, 0.5) is 11.4 Å². The fourth-order valence-electron chi connectivity index (χ4n) is 2.11. The third-order valence-electron chi connectivity index (χ3n) is 3.30. The smallest absolute Gasteiger partial charge is 0.271 e. The summed E-state index contributed by atoms with van der Waals surface area (Å²) in [6.07, 6.45) is 0. The van der Waals surface area contributed by atoms with Crippen molar-refractivity contribution in [2.45, 2.75) is 6.92 Å². The van der Waals surface area contributed by atoms with Gasteiger partial charge in [-0.3, -0.25) is 20.2 Å². The molecule has 2 N–H and O–H groups in total. The Morgan fingerprint density at radius 3 is 2.50 bits per heavy atom. The molecule has 0 atom stereocenters. The zero-order valence-electron chi connectivity index (χ0n) is 14.1. The van der Waals surface area contributed by atoms with Crippen LogP contribution in [0, 0.1) is 10.1 Å². The van der Waals surface area contributed by atoms with E-state index in [4.69, 9.17) is 21.7 Å². The highest BCUT2D eigenvalue weighted by atomic mass is 32.1. The highest BCUT2D eigenvalue weighted by Gasteiger charge is 2.14. The third kappa shape index (κ3) is 4.90. The summed E-state index contributed by atoms with van der Waals surface area (Å²) in [6, 6.07) is 10.6. The van der Waals surface area contributed by atoms with Crippen LogP contribution in [-0.4, -0.2) is 29.7 Å². The van der Waals surface area contributed by atoms with E-state index < -0.39 is 10.8 Å². The quantitative estimate of drug-likeness (QED) is 0.454. The van der Waals surface area contributed by atoms with Crippen LogP contribution in [0.2, 0.25) is 0 Å². The topological polar surface area (TPSA) is 103 Å². The van der Waals surface area contributed by atoms with Crippen LogP contribution < -0.4 is 20.1 Å². The molecule has 0 aliphatic carbocycles. The largest absolute Gasteiger partial charge is 0.495 e. The van der Waals surface area contributed by atoms with Gasteiger partial charge in [0.05, 0.1) is 24.3 Å². The van der Waals surface area contributed by atoms with Crippen LogP contribution >= 0.6 is 12.2 Å². The average Bonchev–Trinajstić information content (AvgIpc) is 2.62. The van der Waals surface area contributed by atoms with Crippen molar-refractivity contribution in [2.24, 2.45) is 0 Å². The van der Waals surface area contributed by atoms with E-state index in [2.05, 4.69) is 10.6 Å². The fourth-order valence-corrected chi connectivity index (χ4v) is 2.31. The lowest BCUT2D eigenvalue weighted by atomic mass is 10.2. The highest BCUT2D eigenvalue weighted by molar-refractivity contribution is 7.80. The summed E-state index contributed by atoms with van der Waals surface area (Å²) >= 11 is 5.10. The summed E-state index contributed by atoms with van der Waals surface area (Å²) in [5.41, 5.74) is 0.538. The van der Waals surface area contributed by atoms with E-state index in [0.717, 1.165) is 0 Å². The number of hydrogen-bond donors (Lipinski definition) is 2. The molecule has 2 aromatic rings. The van der Waals surface area contributed by atoms with E-state index in [0.29, 0.717) is 23.7 Å². The normalized spacial score (nSPS) is 9.92. The summed E-state index contributed by atoms with van der Waals surface area (Å²) in [7, 11) is 1.42. The standard InChI is InChI=1S/C17H17N3O5S/c1-3-25-13-7-4-11(5-8-13)16(21)19-17(26)18-14-10-12(20(22)23)6-9-15(14)24-2/h4-10H,3H2,1-2H3,(H2,18,19,21,26). The molecular formula is C17H17N3O5S. The number of methoxy groups -OCH3 is 1. The minimum atomic E-state index is -0.536. The Bertz CT molecular complexity index is 824. The van der Waals surface area contributed by atoms with Crippen LogP contribution in [0.1, 0.15) is 17.3 Å². The highest BCUT2D eigenvalue weighted by Crippen LogP contribution is 2.28. The van der Waals surface area contributed by atoms with Gasteiger partial charge in [0.2, 0.25) is 0 Å². The first kappa shape index (κ1) is 19.1. The maximum atomic E-state index is 12.2. The van der Waals surface area contributed by atoms with Gasteiger partial charge in [-0.05, 0) is 49.5 Å². The number of rotatable bonds is 6. The molecule has 9 heteroatoms. The van der Waals surface area contributed by atoms with Crippen molar-refractivity contribution in [1.82, 2.24) is 5.32 Å². The summed E-state index contributed by atoms with van der Waals surface area (Å²) in [5.74, 6) is 0.592. The van der Waals surface area contributed by atoms with E-state index in [1.165, 1.54) is 25.3 Å². The van der Waals surface area contributed by atoms with Crippen LogP contribution in [0.5, 0.6) is 11.5 Å². The molecule has 2 rings (SSSR count). The van der Waals surface area contributed by atoms with E-state index in [1.807, 2.05) is 6.92 Å². The van der Waals surface area contributed by atoms with Gasteiger partial charge in [-0.1, -0.05) is 0 Å². The Balaban J connectivity index is 2.07. The van der Waals surface area contributed by atoms with Gasteiger partial charge < -0.3 is 14.8 Å². The van der Waals surface area contributed by atoms with Gasteiger partial charge in [0.1, 0.15) is 11.5 Å². The number of nitro benzene ring substituents is 1. The van der Waals surface area contributed by atoms with Crippen LogP contribution in [0.25, 0.3) is 0 Å². The maximum absolute atomic E-state index is 12.2. The zero-order valence-corrected chi connectivity index (χ0v) is 15.0. The molecule has 2 aromatic carbocycles. The van der Waals surface area contributed by atoms with E-state index in [9.17, 15) is 14.9 Å². The number of ether oxygens (including phenoxy) is 2. The number of thiocarbonyl (C=S) groups is 1. The first-order valence-electron chi connectivity index (χ1n) is 7.62. The van der Waals surface area contributed by atoms with Crippen LogP contribution in [-0.2, 0) is 0 Å². The minimum absolute atomic E-state index is 0.0114. The number of hydrogen-bond acceptors (Lipinski definition) is 6. The Hall–Kier alpha value is -3.20. The molecule has 26 heavy (non-hydrogen) atoms. The molecule has 0 bridgehead atoms. The molecule has 136 valence electrons. The number of non-ortho nitro benzene ring substituents is 1. The Morgan fingerprint density at radius 1 is 1.23 bits per heavy atom. The number of benzene rings is 2. The molecule has 0 aliphatic rings. The number of nitro groups is 1. The molecule has 0 radical (unpaired) electrons. The first-order chi connectivity index (χ1) is 12.4. The second-order valence-electron chi connectivity index (χ2n) is 5.01. The summed E-state index contributed by atoms with van der Waals surface area (Å²) < 4.78 is 10.5. The van der Waals surface area contributed by atoms with Gasteiger partial charge in [0.25, 0.3) is 11.6 Å². The van der Waals surface area contributed by atoms with Gasteiger partial charge >= 0.3 is 0 Å². The Labute approximate surface area is 155 Å². The number of amides is 1. The predicted molar refractivity (Wildman–Crippen MR) is 101 cm³/mol. The molecule has 0 unspecified atom stereocenters. The van der Waals surface area contributed by atoms with Crippen LogP contribution in [0.15, 0.2) is 42.5 Å². The lowest BCUT2D eigenvalue weighted by Gasteiger charge is -2.12. The van der Waals surface area contributed by atoms with Crippen molar-refractivity contribution >= 4 is 34.6 Å². The molecule has 0 heterocycles. The van der Waals surface area contributed by atoms with Gasteiger partial charge in [0.15, 0.2) is 5.11 Å². The van der Waals surface area contributed by atoms with Crippen molar-refractivity contribution in [2.75, 3.05) is 19.0 Å². The molecule has 0 saturated heterocycles. The summed E-state index contributed by atoms with van der Waals surface area (Å²) in [6.45, 7) is 2.40. The zero-order chi connectivity index (χ0) is 19.1. The molecule has 0 saturated carbocycles. The third-order valence-corrected chi connectivity index (χ3v) is 3.50. The number of nitrogens with one attached hydrogen (secondary N) is 2. The van der Waals surface area contributed by atoms with E-state index in [1.54, 1.807) is 24.3 Å². The second-order valence-corrected chi connectivity index (χ2v) is 5.42. The van der Waals surface area contributed by atoms with Crippen LogP contribution in [0.3, 0.4) is 0 Å². The second kappa shape index (κ2) is 8.77. The summed E-state index contributed by atoms with van der Waals surface area (Å²) in [4.78, 5) is 22.6. The monoisotopic (exact) mass is 375 g/mol. The van der Waals surface area contributed by atoms with Gasteiger partial charge in [-0.2, -0.15) is 0 Å². The molecule has 0 aliphatic heterocycles. The van der Waals surface area contributed by atoms with Gasteiger partial charge in [0, 0.05) is 17.7 Å². The number of nitrogens with zero attached hydrogens (tertiary/aromatic N) is 1. The summed E-state index contributed by atoms with van der Waals surface area (Å²) in [5, 5.41) is 16.1. The van der Waals surface area contributed by atoms with Gasteiger partial charge in [-0.25, -0.2) is 0 Å². The molecule has 0 fully saturated rings. The molecular weight excluding hydrogens is 358 g/mol. The average molecular weight is 375 g/mol. The lowest BCUT2D eigenvalue weighted by Crippen LogP contribution is -2.34. The Morgan fingerprint density at radius 2 is 1.92 bits per heavy atom. The lowest BCUT2D eigenvalue weighted by molar-refractivity contribution is -0.384. The van der Waals surface area contributed by atoms with Gasteiger partial charge in [-0.15, -0.1) is 0 Å². The Kier molecular flexibility index (Phi) is 6.45. The minimum Gasteiger partial charge on any atom is -0.495 e. The molecule has 0 spiro atoms. The van der Waals surface area contributed by atoms with Crippen molar-refractivity contribution in [3.8, 4) is 11.5 Å². The number of anilines is 1. The predicted octanol–water partition coefficient (Wildman–Crippen LogP) is 3.13. The van der Waals surface area contributed by atoms with Crippen molar-refractivity contribution in [1.29, 1.82) is 0 Å². The number of carbonyl (C=O) groups is 1. The van der Waals surface area contributed by atoms with Crippen molar-refractivity contribution < 1.29 is 19.2 Å². The fraction of sp³-hybridized carbons (Fsp3) is 0.176. The van der Waals surface area contributed by atoms with Crippen molar-refractivity contribution in [3.63, 3.8) is 0 Å². The molecule has 8 nitrogen and oxygen atoms in total. The van der Waals surface area contributed by atoms with E-state index in [-0.39, 0.29) is 16.5 Å². The SMILES string of the molecule is CCOc1ccc(C(=O)NC(=S)Nc2cc([N+](=O)[O-])ccc2OC)cc1. The first-order valence-corrected chi connectivity index (χ1v) is 8.03. The maximum Gasteiger partial charge on any atom is 0.271 e. The van der Waals surface area contributed by atoms with E-state index >= 15 is 0 Å². The number of carbonyl (C=O) groups excluding carboxylic acids is 1.